The molecule has 0 saturated heterocycles. The van der Waals surface area contributed by atoms with E-state index >= 15 is 0 Å². The van der Waals surface area contributed by atoms with Crippen molar-refractivity contribution >= 4 is 10.9 Å². The number of pyridine rings is 1. The lowest BCUT2D eigenvalue weighted by Gasteiger charge is -2.05. The van der Waals surface area contributed by atoms with E-state index in [1.165, 1.54) is 6.07 Å². The largest absolute Gasteiger partial charge is 0.253 e. The fraction of sp³-hybridized carbons (Fsp3) is 0.182. The van der Waals surface area contributed by atoms with Crippen LogP contribution in [0.2, 0.25) is 0 Å². The lowest BCUT2D eigenvalue weighted by atomic mass is 10.0. The average Bonchev–Trinajstić information content (AvgIpc) is 2.15. The highest BCUT2D eigenvalue weighted by molar-refractivity contribution is 5.83. The van der Waals surface area contributed by atoms with E-state index in [1.807, 2.05) is 26.0 Å². The van der Waals surface area contributed by atoms with Gasteiger partial charge in [0.25, 0.3) is 0 Å². The molecular weight excluding hydrogens is 165 g/mol. The highest BCUT2D eigenvalue weighted by Crippen LogP contribution is 2.22. The number of fused-ring (bicyclic) bond motifs is 1. The third-order valence-corrected chi connectivity index (χ3v) is 2.37. The second kappa shape index (κ2) is 2.80. The minimum absolute atomic E-state index is 0.237. The van der Waals surface area contributed by atoms with Crippen LogP contribution in [-0.4, -0.2) is 4.98 Å². The molecule has 0 saturated carbocycles. The van der Waals surface area contributed by atoms with Crippen LogP contribution in [0.5, 0.6) is 0 Å². The predicted octanol–water partition coefficient (Wildman–Crippen LogP) is 2.99. The summed E-state index contributed by atoms with van der Waals surface area (Å²) in [6.45, 7) is 3.89. The molecule has 0 radical (unpaired) electrons. The van der Waals surface area contributed by atoms with Gasteiger partial charge in [0, 0.05) is 11.6 Å². The Labute approximate surface area is 76.2 Å². The summed E-state index contributed by atoms with van der Waals surface area (Å²) < 4.78 is 13.4. The number of aryl methyl sites for hydroxylation is 2. The van der Waals surface area contributed by atoms with Gasteiger partial charge in [0.2, 0.25) is 0 Å². The van der Waals surface area contributed by atoms with Crippen LogP contribution in [0.15, 0.2) is 24.4 Å². The van der Waals surface area contributed by atoms with E-state index in [1.54, 1.807) is 6.20 Å². The minimum atomic E-state index is -0.237. The highest BCUT2D eigenvalue weighted by Gasteiger charge is 2.05. The lowest BCUT2D eigenvalue weighted by Crippen LogP contribution is -1.90. The Morgan fingerprint density at radius 1 is 1.31 bits per heavy atom. The number of nitrogens with zero attached hydrogens (tertiary/aromatic N) is 1. The molecule has 1 aromatic heterocycles. The molecule has 0 atom stereocenters. The maximum atomic E-state index is 13.4. The third kappa shape index (κ3) is 1.18. The summed E-state index contributed by atoms with van der Waals surface area (Å²) in [5, 5.41) is 0.903. The summed E-state index contributed by atoms with van der Waals surface area (Å²) in [7, 11) is 0. The fourth-order valence-corrected chi connectivity index (χ4v) is 1.48. The highest BCUT2D eigenvalue weighted by atomic mass is 19.1. The second-order valence-electron chi connectivity index (χ2n) is 3.20. The van der Waals surface area contributed by atoms with Crippen molar-refractivity contribution in [3.05, 3.63) is 41.3 Å². The Bertz CT molecular complexity index is 463. The van der Waals surface area contributed by atoms with Crippen molar-refractivity contribution in [3.63, 3.8) is 0 Å². The van der Waals surface area contributed by atoms with E-state index < -0.39 is 0 Å². The maximum Gasteiger partial charge on any atom is 0.149 e. The van der Waals surface area contributed by atoms with Crippen molar-refractivity contribution in [2.45, 2.75) is 13.8 Å². The topological polar surface area (TPSA) is 12.9 Å². The van der Waals surface area contributed by atoms with Crippen LogP contribution < -0.4 is 0 Å². The van der Waals surface area contributed by atoms with Gasteiger partial charge in [-0.15, -0.1) is 0 Å². The molecule has 1 aromatic carbocycles. The Morgan fingerprint density at radius 2 is 2.08 bits per heavy atom. The van der Waals surface area contributed by atoms with Crippen LogP contribution in [-0.2, 0) is 0 Å². The summed E-state index contributed by atoms with van der Waals surface area (Å²) in [4.78, 5) is 4.01. The molecule has 1 heterocycles. The first-order chi connectivity index (χ1) is 6.20. The first-order valence-corrected chi connectivity index (χ1v) is 4.20. The number of rotatable bonds is 0. The van der Waals surface area contributed by atoms with Crippen molar-refractivity contribution in [1.29, 1.82) is 0 Å². The SMILES string of the molecule is Cc1cc(F)c2ncccc2c1C. The van der Waals surface area contributed by atoms with Gasteiger partial charge in [-0.1, -0.05) is 6.07 Å². The van der Waals surface area contributed by atoms with Crippen molar-refractivity contribution in [2.75, 3.05) is 0 Å². The van der Waals surface area contributed by atoms with Gasteiger partial charge < -0.3 is 0 Å². The predicted molar refractivity (Wildman–Crippen MR) is 51.2 cm³/mol. The molecule has 0 unspecified atom stereocenters. The molecule has 0 fully saturated rings. The molecule has 2 aromatic rings. The third-order valence-electron chi connectivity index (χ3n) is 2.37. The first-order valence-electron chi connectivity index (χ1n) is 4.20. The van der Waals surface area contributed by atoms with E-state index in [0.29, 0.717) is 5.52 Å². The fourth-order valence-electron chi connectivity index (χ4n) is 1.48. The molecule has 0 spiro atoms. The quantitative estimate of drug-likeness (QED) is 0.599. The Morgan fingerprint density at radius 3 is 2.85 bits per heavy atom. The molecular formula is C11H10FN. The summed E-state index contributed by atoms with van der Waals surface area (Å²) in [5.74, 6) is -0.237. The van der Waals surface area contributed by atoms with Gasteiger partial charge in [-0.3, -0.25) is 4.98 Å². The van der Waals surface area contributed by atoms with Gasteiger partial charge >= 0.3 is 0 Å². The molecule has 2 rings (SSSR count). The zero-order valence-corrected chi connectivity index (χ0v) is 7.63. The van der Waals surface area contributed by atoms with E-state index in [0.717, 1.165) is 16.5 Å². The number of halogens is 1. The molecule has 0 amide bonds. The van der Waals surface area contributed by atoms with Crippen LogP contribution in [0.25, 0.3) is 10.9 Å². The maximum absolute atomic E-state index is 13.4. The number of aromatic nitrogens is 1. The number of hydrogen-bond donors (Lipinski definition) is 0. The van der Waals surface area contributed by atoms with Gasteiger partial charge in [0.1, 0.15) is 11.3 Å². The lowest BCUT2D eigenvalue weighted by molar-refractivity contribution is 0.635. The van der Waals surface area contributed by atoms with E-state index in [9.17, 15) is 4.39 Å². The second-order valence-corrected chi connectivity index (χ2v) is 3.20. The molecule has 13 heavy (non-hydrogen) atoms. The molecule has 0 aliphatic rings. The standard InChI is InChI=1S/C11H10FN/c1-7-6-10(12)11-9(8(7)2)4-3-5-13-11/h3-6H,1-2H3. The average molecular weight is 175 g/mol. The molecule has 0 aliphatic carbocycles. The minimum Gasteiger partial charge on any atom is -0.253 e. The van der Waals surface area contributed by atoms with E-state index in [-0.39, 0.29) is 5.82 Å². The van der Waals surface area contributed by atoms with Crippen LogP contribution in [0.4, 0.5) is 4.39 Å². The van der Waals surface area contributed by atoms with Crippen LogP contribution >= 0.6 is 0 Å². The zero-order valence-electron chi connectivity index (χ0n) is 7.63. The smallest absolute Gasteiger partial charge is 0.149 e. The summed E-state index contributed by atoms with van der Waals surface area (Å²) >= 11 is 0. The Hall–Kier alpha value is -1.44. The van der Waals surface area contributed by atoms with Crippen LogP contribution in [0.1, 0.15) is 11.1 Å². The molecule has 66 valence electrons. The van der Waals surface area contributed by atoms with Crippen molar-refractivity contribution in [1.82, 2.24) is 4.98 Å². The molecule has 2 heteroatoms. The summed E-state index contributed by atoms with van der Waals surface area (Å²) in [6, 6.07) is 5.26. The first kappa shape index (κ1) is 8.17. The van der Waals surface area contributed by atoms with Crippen LogP contribution in [0, 0.1) is 19.7 Å². The molecule has 1 nitrogen and oxygen atoms in total. The number of hydrogen-bond acceptors (Lipinski definition) is 1. The number of benzene rings is 1. The van der Waals surface area contributed by atoms with Gasteiger partial charge in [-0.2, -0.15) is 0 Å². The Balaban J connectivity index is 2.97. The van der Waals surface area contributed by atoms with Gasteiger partial charge in [0.15, 0.2) is 0 Å². The van der Waals surface area contributed by atoms with Gasteiger partial charge in [-0.25, -0.2) is 4.39 Å². The summed E-state index contributed by atoms with van der Waals surface area (Å²) in [5.41, 5.74) is 2.54. The van der Waals surface area contributed by atoms with Gasteiger partial charge in [0.05, 0.1) is 0 Å². The van der Waals surface area contributed by atoms with Crippen molar-refractivity contribution in [2.24, 2.45) is 0 Å². The zero-order chi connectivity index (χ0) is 9.42. The molecule has 0 aliphatic heterocycles. The van der Waals surface area contributed by atoms with E-state index in [4.69, 9.17) is 0 Å². The normalized spacial score (nSPS) is 10.7. The Kier molecular flexibility index (Phi) is 1.76. The van der Waals surface area contributed by atoms with Gasteiger partial charge in [-0.05, 0) is 37.1 Å². The monoisotopic (exact) mass is 175 g/mol. The van der Waals surface area contributed by atoms with E-state index in [2.05, 4.69) is 4.98 Å². The summed E-state index contributed by atoms with van der Waals surface area (Å²) in [6.07, 6.45) is 1.61. The molecule has 0 bridgehead atoms. The molecule has 0 N–H and O–H groups in total. The van der Waals surface area contributed by atoms with Crippen molar-refractivity contribution < 1.29 is 4.39 Å². The van der Waals surface area contributed by atoms with Crippen molar-refractivity contribution in [3.8, 4) is 0 Å². The van der Waals surface area contributed by atoms with Crippen LogP contribution in [0.3, 0.4) is 0 Å².